The number of ether oxygens (including phenoxy) is 1. The lowest BCUT2D eigenvalue weighted by Crippen LogP contribution is -2.21. The summed E-state index contributed by atoms with van der Waals surface area (Å²) in [5, 5.41) is 11.1. The van der Waals surface area contributed by atoms with Gasteiger partial charge in [0.2, 0.25) is 5.55 Å². The Labute approximate surface area is 169 Å². The minimum Gasteiger partial charge on any atom is -0.508 e. The van der Waals surface area contributed by atoms with Crippen molar-refractivity contribution >= 4 is 22.6 Å². The molecular weight excluding hydrogens is 368 g/mol. The van der Waals surface area contributed by atoms with Crippen molar-refractivity contribution in [1.82, 2.24) is 0 Å². The Hall–Kier alpha value is -3.28. The molecule has 0 bridgehead atoms. The maximum atomic E-state index is 12.0. The molecule has 1 heterocycles. The van der Waals surface area contributed by atoms with E-state index >= 15 is 0 Å². The first-order valence-electron chi connectivity index (χ1n) is 9.80. The van der Waals surface area contributed by atoms with Crippen LogP contribution in [0.3, 0.4) is 0 Å². The summed E-state index contributed by atoms with van der Waals surface area (Å²) < 4.78 is 11.0. The van der Waals surface area contributed by atoms with E-state index in [2.05, 4.69) is 11.9 Å². The Morgan fingerprint density at radius 2 is 1.90 bits per heavy atom. The molecule has 0 saturated heterocycles. The van der Waals surface area contributed by atoms with Gasteiger partial charge < -0.3 is 20.0 Å². The van der Waals surface area contributed by atoms with Crippen molar-refractivity contribution < 1.29 is 19.1 Å². The molecular formula is C23H26N2O4. The normalized spacial score (nSPS) is 11.7. The van der Waals surface area contributed by atoms with E-state index in [1.54, 1.807) is 43.5 Å². The van der Waals surface area contributed by atoms with Crippen molar-refractivity contribution in [3.05, 3.63) is 59.1 Å². The number of nitrogens with two attached hydrogens (primary N) is 1. The van der Waals surface area contributed by atoms with Crippen LogP contribution >= 0.6 is 0 Å². The van der Waals surface area contributed by atoms with E-state index in [0.29, 0.717) is 22.4 Å². The van der Waals surface area contributed by atoms with Crippen LogP contribution in [0.1, 0.15) is 48.5 Å². The first-order chi connectivity index (χ1) is 14.0. The molecule has 0 aliphatic rings. The van der Waals surface area contributed by atoms with Gasteiger partial charge in [0.15, 0.2) is 0 Å². The highest BCUT2D eigenvalue weighted by Crippen LogP contribution is 2.27. The Morgan fingerprint density at radius 3 is 2.55 bits per heavy atom. The standard InChI is InChI=1S/C23H26N2O4/c1-3-4-5-6-7-15-12-16-13-19(22(24)27)23(29-21(16)14-20(15)26)25-17-8-10-18(28-2)11-9-17/h8-14,26H,3-7H2,1-2H3,(H2,24,27). The second-order valence-electron chi connectivity index (χ2n) is 6.97. The molecule has 3 rings (SSSR count). The van der Waals surface area contributed by atoms with Gasteiger partial charge in [-0.05, 0) is 54.8 Å². The van der Waals surface area contributed by atoms with Gasteiger partial charge in [0.25, 0.3) is 5.91 Å². The Bertz CT molecular complexity index is 1070. The van der Waals surface area contributed by atoms with E-state index in [4.69, 9.17) is 14.9 Å². The van der Waals surface area contributed by atoms with Gasteiger partial charge in [-0.25, -0.2) is 4.99 Å². The van der Waals surface area contributed by atoms with Crippen LogP contribution in [0.25, 0.3) is 11.0 Å². The van der Waals surface area contributed by atoms with Crippen molar-refractivity contribution in [3.63, 3.8) is 0 Å². The lowest BCUT2D eigenvalue weighted by molar-refractivity contribution is 0.0996. The van der Waals surface area contributed by atoms with E-state index in [0.717, 1.165) is 31.2 Å². The number of fused-ring (bicyclic) bond motifs is 1. The molecule has 1 amide bonds. The van der Waals surface area contributed by atoms with Gasteiger partial charge >= 0.3 is 0 Å². The number of nitrogens with zero attached hydrogens (tertiary/aromatic N) is 1. The predicted octanol–water partition coefficient (Wildman–Crippen LogP) is 4.60. The van der Waals surface area contributed by atoms with E-state index in [9.17, 15) is 9.90 Å². The van der Waals surface area contributed by atoms with Gasteiger partial charge in [0.05, 0.1) is 12.8 Å². The smallest absolute Gasteiger partial charge is 0.254 e. The molecule has 3 N–H and O–H groups in total. The molecule has 0 saturated carbocycles. The first kappa shape index (κ1) is 20.5. The van der Waals surface area contributed by atoms with Crippen molar-refractivity contribution in [2.24, 2.45) is 10.7 Å². The van der Waals surface area contributed by atoms with Gasteiger partial charge in [0, 0.05) is 11.5 Å². The highest BCUT2D eigenvalue weighted by Gasteiger charge is 2.12. The van der Waals surface area contributed by atoms with Crippen LogP contribution in [0.15, 0.2) is 51.9 Å². The third-order valence-electron chi connectivity index (χ3n) is 4.82. The largest absolute Gasteiger partial charge is 0.508 e. The van der Waals surface area contributed by atoms with Gasteiger partial charge in [-0.15, -0.1) is 0 Å². The maximum Gasteiger partial charge on any atom is 0.254 e. The van der Waals surface area contributed by atoms with Crippen molar-refractivity contribution in [1.29, 1.82) is 0 Å². The minimum atomic E-state index is -0.625. The Kier molecular flexibility index (Phi) is 6.54. The lowest BCUT2D eigenvalue weighted by atomic mass is 10.0. The van der Waals surface area contributed by atoms with Crippen molar-refractivity contribution in [2.45, 2.75) is 39.0 Å². The molecule has 0 spiro atoms. The zero-order valence-electron chi connectivity index (χ0n) is 16.8. The summed E-state index contributed by atoms with van der Waals surface area (Å²) in [6.45, 7) is 2.16. The summed E-state index contributed by atoms with van der Waals surface area (Å²) in [6.07, 6.45) is 5.21. The fraction of sp³-hybridized carbons (Fsp3) is 0.304. The van der Waals surface area contributed by atoms with E-state index in [1.165, 1.54) is 6.42 Å². The quantitative estimate of drug-likeness (QED) is 0.546. The van der Waals surface area contributed by atoms with E-state index in [1.807, 2.05) is 6.07 Å². The fourth-order valence-electron chi connectivity index (χ4n) is 3.19. The summed E-state index contributed by atoms with van der Waals surface area (Å²) in [4.78, 5) is 16.4. The molecule has 0 fully saturated rings. The number of carbonyl (C=O) groups is 1. The second-order valence-corrected chi connectivity index (χ2v) is 6.97. The Morgan fingerprint density at radius 1 is 1.14 bits per heavy atom. The summed E-state index contributed by atoms with van der Waals surface area (Å²) in [7, 11) is 1.58. The van der Waals surface area contributed by atoms with Crippen LogP contribution in [0, 0.1) is 0 Å². The summed E-state index contributed by atoms with van der Waals surface area (Å²) in [5.74, 6) is 0.256. The topological polar surface area (TPSA) is 98.1 Å². The number of primary amides is 1. The number of amides is 1. The molecule has 6 heteroatoms. The molecule has 0 aliphatic carbocycles. The minimum absolute atomic E-state index is 0.102. The molecule has 0 unspecified atom stereocenters. The average Bonchev–Trinajstić information content (AvgIpc) is 2.71. The van der Waals surface area contributed by atoms with Gasteiger partial charge in [-0.3, -0.25) is 4.79 Å². The van der Waals surface area contributed by atoms with Crippen LogP contribution in [0.5, 0.6) is 11.5 Å². The molecule has 3 aromatic rings. The highest BCUT2D eigenvalue weighted by molar-refractivity contribution is 5.95. The summed E-state index contributed by atoms with van der Waals surface area (Å²) in [5.41, 5.74) is 7.72. The number of phenolic OH excluding ortho intramolecular Hbond substituents is 1. The van der Waals surface area contributed by atoms with Crippen LogP contribution < -0.4 is 16.0 Å². The molecule has 0 aliphatic heterocycles. The number of rotatable bonds is 8. The number of hydrogen-bond donors (Lipinski definition) is 2. The zero-order chi connectivity index (χ0) is 20.8. The third kappa shape index (κ3) is 4.96. The zero-order valence-corrected chi connectivity index (χ0v) is 16.8. The molecule has 1 aromatic heterocycles. The molecule has 2 aromatic carbocycles. The number of carbonyl (C=O) groups excluding carboxylic acids is 1. The fourth-order valence-corrected chi connectivity index (χ4v) is 3.19. The second kappa shape index (κ2) is 9.28. The number of benzene rings is 2. The SMILES string of the molecule is CCCCCCc1cc2cc(C(N)=O)c(=Nc3ccc(OC)cc3)oc2cc1O. The third-order valence-corrected chi connectivity index (χ3v) is 4.82. The van der Waals surface area contributed by atoms with Crippen molar-refractivity contribution in [3.8, 4) is 11.5 Å². The van der Waals surface area contributed by atoms with E-state index < -0.39 is 5.91 Å². The molecule has 0 atom stereocenters. The average molecular weight is 394 g/mol. The van der Waals surface area contributed by atoms with E-state index in [-0.39, 0.29) is 16.9 Å². The van der Waals surface area contributed by atoms with Crippen LogP contribution in [-0.4, -0.2) is 18.1 Å². The first-order valence-corrected chi connectivity index (χ1v) is 9.80. The number of phenols is 1. The molecule has 6 nitrogen and oxygen atoms in total. The van der Waals surface area contributed by atoms with Crippen LogP contribution in [0.2, 0.25) is 0 Å². The van der Waals surface area contributed by atoms with Crippen LogP contribution in [0.4, 0.5) is 5.69 Å². The van der Waals surface area contributed by atoms with Gasteiger partial charge in [-0.2, -0.15) is 0 Å². The van der Waals surface area contributed by atoms with Crippen LogP contribution in [-0.2, 0) is 6.42 Å². The number of aryl methyl sites for hydroxylation is 1. The number of unbranched alkanes of at least 4 members (excludes halogenated alkanes) is 3. The summed E-state index contributed by atoms with van der Waals surface area (Å²) in [6, 6.07) is 12.1. The van der Waals surface area contributed by atoms with Gasteiger partial charge in [0.1, 0.15) is 22.6 Å². The summed E-state index contributed by atoms with van der Waals surface area (Å²) >= 11 is 0. The maximum absolute atomic E-state index is 12.0. The molecule has 0 radical (unpaired) electrons. The molecule has 152 valence electrons. The number of aromatic hydroxyl groups is 1. The number of hydrogen-bond acceptors (Lipinski definition) is 5. The predicted molar refractivity (Wildman–Crippen MR) is 112 cm³/mol. The lowest BCUT2D eigenvalue weighted by Gasteiger charge is -2.08. The van der Waals surface area contributed by atoms with Crippen molar-refractivity contribution in [2.75, 3.05) is 7.11 Å². The number of methoxy groups -OCH3 is 1. The molecule has 29 heavy (non-hydrogen) atoms. The highest BCUT2D eigenvalue weighted by atomic mass is 16.5. The Balaban J connectivity index is 2.03. The van der Waals surface area contributed by atoms with Gasteiger partial charge in [-0.1, -0.05) is 26.2 Å². The monoisotopic (exact) mass is 394 g/mol.